The van der Waals surface area contributed by atoms with Crippen molar-refractivity contribution in [1.29, 1.82) is 0 Å². The minimum Gasteiger partial charge on any atom is -0.360 e. The maximum atomic E-state index is 11.9. The van der Waals surface area contributed by atoms with E-state index in [4.69, 9.17) is 16.1 Å². The number of nitrogens with one attached hydrogen (secondary N) is 1. The Morgan fingerprint density at radius 3 is 2.89 bits per heavy atom. The van der Waals surface area contributed by atoms with Crippen molar-refractivity contribution in [3.05, 3.63) is 56.9 Å². The quantitative estimate of drug-likeness (QED) is 0.684. The lowest BCUT2D eigenvalue weighted by Crippen LogP contribution is -2.23. The van der Waals surface area contributed by atoms with Gasteiger partial charge < -0.3 is 9.84 Å². The van der Waals surface area contributed by atoms with Gasteiger partial charge in [0.15, 0.2) is 5.76 Å². The molecule has 1 amide bonds. The van der Waals surface area contributed by atoms with Crippen LogP contribution in [0.25, 0.3) is 0 Å². The Balaban J connectivity index is 2.15. The van der Waals surface area contributed by atoms with Gasteiger partial charge in [0.05, 0.1) is 23.2 Å². The second kappa shape index (κ2) is 5.49. The van der Waals surface area contributed by atoms with Gasteiger partial charge in [-0.15, -0.1) is 0 Å². The van der Waals surface area contributed by atoms with Crippen molar-refractivity contribution < 1.29 is 14.2 Å². The van der Waals surface area contributed by atoms with Crippen molar-refractivity contribution in [3.63, 3.8) is 0 Å². The van der Waals surface area contributed by atoms with Crippen molar-refractivity contribution in [2.75, 3.05) is 0 Å². The van der Waals surface area contributed by atoms with E-state index in [9.17, 15) is 14.9 Å². The van der Waals surface area contributed by atoms with Gasteiger partial charge in [-0.3, -0.25) is 14.9 Å². The zero-order chi connectivity index (χ0) is 13.8. The number of amides is 1. The van der Waals surface area contributed by atoms with E-state index >= 15 is 0 Å². The minimum atomic E-state index is -0.643. The molecule has 0 fully saturated rings. The number of benzene rings is 1. The van der Waals surface area contributed by atoms with Gasteiger partial charge in [0.2, 0.25) is 0 Å². The highest BCUT2D eigenvalue weighted by Gasteiger charge is 2.19. The number of carbonyl (C=O) groups is 1. The van der Waals surface area contributed by atoms with Crippen LogP contribution in [-0.4, -0.2) is 16.0 Å². The molecular weight excluding hydrogens is 274 g/mol. The summed E-state index contributed by atoms with van der Waals surface area (Å²) in [6, 6.07) is 5.63. The molecule has 19 heavy (non-hydrogen) atoms. The predicted molar refractivity (Wildman–Crippen MR) is 65.8 cm³/mol. The molecule has 0 spiro atoms. The van der Waals surface area contributed by atoms with E-state index < -0.39 is 10.8 Å². The van der Waals surface area contributed by atoms with Gasteiger partial charge >= 0.3 is 0 Å². The van der Waals surface area contributed by atoms with Crippen LogP contribution in [0.4, 0.5) is 5.69 Å². The number of nitrogens with zero attached hydrogens (tertiary/aromatic N) is 2. The minimum absolute atomic E-state index is 0.0374. The van der Waals surface area contributed by atoms with Crippen molar-refractivity contribution in [2.45, 2.75) is 6.54 Å². The fourth-order valence-corrected chi connectivity index (χ4v) is 1.71. The van der Waals surface area contributed by atoms with Crippen LogP contribution in [0, 0.1) is 10.1 Å². The maximum absolute atomic E-state index is 11.9. The Labute approximate surface area is 112 Å². The van der Waals surface area contributed by atoms with Gasteiger partial charge in [-0.05, 0) is 6.07 Å². The van der Waals surface area contributed by atoms with Crippen LogP contribution in [0.2, 0.25) is 5.02 Å². The number of aromatic nitrogens is 1. The van der Waals surface area contributed by atoms with E-state index in [2.05, 4.69) is 10.5 Å². The van der Waals surface area contributed by atoms with Crippen molar-refractivity contribution in [2.24, 2.45) is 0 Å². The highest BCUT2D eigenvalue weighted by atomic mass is 35.5. The van der Waals surface area contributed by atoms with Crippen LogP contribution in [0.5, 0.6) is 0 Å². The van der Waals surface area contributed by atoms with E-state index in [-0.39, 0.29) is 22.8 Å². The normalized spacial score (nSPS) is 10.2. The smallest absolute Gasteiger partial charge is 0.288 e. The van der Waals surface area contributed by atoms with Crippen LogP contribution < -0.4 is 5.32 Å². The summed E-state index contributed by atoms with van der Waals surface area (Å²) >= 11 is 5.82. The van der Waals surface area contributed by atoms with E-state index in [1.54, 1.807) is 6.07 Å². The molecule has 98 valence electrons. The predicted octanol–water partition coefficient (Wildman–Crippen LogP) is 2.17. The SMILES string of the molecule is O=C(NCc1ccno1)c1cccc([N+](=O)[O-])c1Cl. The number of nitro groups is 1. The second-order valence-corrected chi connectivity index (χ2v) is 3.94. The van der Waals surface area contributed by atoms with Crippen molar-refractivity contribution in [1.82, 2.24) is 10.5 Å². The van der Waals surface area contributed by atoms with Gasteiger partial charge in [0.1, 0.15) is 5.02 Å². The summed E-state index contributed by atoms with van der Waals surface area (Å²) in [5.41, 5.74) is -0.274. The molecule has 0 saturated heterocycles. The molecule has 7 nitrogen and oxygen atoms in total. The summed E-state index contributed by atoms with van der Waals surface area (Å²) < 4.78 is 4.81. The molecule has 0 unspecified atom stereocenters. The standard InChI is InChI=1S/C11H8ClN3O4/c12-10-8(2-1-3-9(10)15(17)18)11(16)13-6-7-4-5-14-19-7/h1-5H,6H2,(H,13,16). The molecule has 1 N–H and O–H groups in total. The highest BCUT2D eigenvalue weighted by molar-refractivity contribution is 6.35. The molecule has 2 rings (SSSR count). The van der Waals surface area contributed by atoms with Crippen LogP contribution in [-0.2, 0) is 6.54 Å². The monoisotopic (exact) mass is 281 g/mol. The number of carbonyl (C=O) groups excluding carboxylic acids is 1. The Hall–Kier alpha value is -2.41. The molecule has 1 aromatic heterocycles. The Kier molecular flexibility index (Phi) is 3.76. The van der Waals surface area contributed by atoms with Gasteiger partial charge in [-0.1, -0.05) is 22.8 Å². The number of rotatable bonds is 4. The van der Waals surface area contributed by atoms with Gasteiger partial charge in [0, 0.05) is 12.1 Å². The molecule has 0 aliphatic heterocycles. The van der Waals surface area contributed by atoms with Crippen LogP contribution >= 0.6 is 11.6 Å². The zero-order valence-electron chi connectivity index (χ0n) is 9.50. The molecule has 0 aliphatic rings. The molecule has 1 heterocycles. The van der Waals surface area contributed by atoms with Crippen LogP contribution in [0.3, 0.4) is 0 Å². The second-order valence-electron chi connectivity index (χ2n) is 3.56. The third-order valence-corrected chi connectivity index (χ3v) is 2.73. The van der Waals surface area contributed by atoms with Crippen molar-refractivity contribution in [3.8, 4) is 0 Å². The van der Waals surface area contributed by atoms with E-state index in [0.717, 1.165) is 0 Å². The van der Waals surface area contributed by atoms with Crippen molar-refractivity contribution >= 4 is 23.2 Å². The third kappa shape index (κ3) is 2.89. The summed E-state index contributed by atoms with van der Waals surface area (Å²) in [6.45, 7) is 0.123. The fraction of sp³-hybridized carbons (Fsp3) is 0.0909. The number of hydrogen-bond donors (Lipinski definition) is 1. The van der Waals surface area contributed by atoms with E-state index in [0.29, 0.717) is 5.76 Å². The van der Waals surface area contributed by atoms with Gasteiger partial charge in [0.25, 0.3) is 11.6 Å². The lowest BCUT2D eigenvalue weighted by Gasteiger charge is -2.05. The average molecular weight is 282 g/mol. The number of halogens is 1. The molecule has 1 aromatic carbocycles. The topological polar surface area (TPSA) is 98.3 Å². The summed E-state index contributed by atoms with van der Waals surface area (Å²) in [7, 11) is 0. The third-order valence-electron chi connectivity index (χ3n) is 2.33. The fourth-order valence-electron chi connectivity index (χ4n) is 1.43. The molecule has 0 aliphatic carbocycles. The largest absolute Gasteiger partial charge is 0.360 e. The Bertz CT molecular complexity index is 612. The molecule has 0 radical (unpaired) electrons. The molecular formula is C11H8ClN3O4. The maximum Gasteiger partial charge on any atom is 0.288 e. The summed E-state index contributed by atoms with van der Waals surface area (Å²) in [5.74, 6) is -0.0556. The summed E-state index contributed by atoms with van der Waals surface area (Å²) in [6.07, 6.45) is 1.45. The summed E-state index contributed by atoms with van der Waals surface area (Å²) in [5, 5.41) is 16.5. The molecule has 0 atom stereocenters. The zero-order valence-corrected chi connectivity index (χ0v) is 10.3. The first-order valence-electron chi connectivity index (χ1n) is 5.20. The Morgan fingerprint density at radius 1 is 1.47 bits per heavy atom. The first-order valence-corrected chi connectivity index (χ1v) is 5.58. The van der Waals surface area contributed by atoms with Crippen LogP contribution in [0.1, 0.15) is 16.1 Å². The molecule has 0 saturated carbocycles. The molecule has 8 heteroatoms. The first kappa shape index (κ1) is 13.0. The summed E-state index contributed by atoms with van der Waals surface area (Å²) in [4.78, 5) is 21.9. The lowest BCUT2D eigenvalue weighted by molar-refractivity contribution is -0.384. The van der Waals surface area contributed by atoms with Crippen LogP contribution in [0.15, 0.2) is 35.0 Å². The molecule has 0 bridgehead atoms. The first-order chi connectivity index (χ1) is 9.09. The number of nitro benzene ring substituents is 1. The lowest BCUT2D eigenvalue weighted by atomic mass is 10.2. The average Bonchev–Trinajstić information content (AvgIpc) is 2.89. The van der Waals surface area contributed by atoms with Gasteiger partial charge in [-0.2, -0.15) is 0 Å². The van der Waals surface area contributed by atoms with E-state index in [1.165, 1.54) is 24.4 Å². The molecule has 2 aromatic rings. The number of hydrogen-bond acceptors (Lipinski definition) is 5. The highest BCUT2D eigenvalue weighted by Crippen LogP contribution is 2.27. The Morgan fingerprint density at radius 2 is 2.26 bits per heavy atom. The van der Waals surface area contributed by atoms with Gasteiger partial charge in [-0.25, -0.2) is 0 Å². The van der Waals surface area contributed by atoms with E-state index in [1.807, 2.05) is 0 Å².